The van der Waals surface area contributed by atoms with Crippen LogP contribution in [-0.2, 0) is 6.54 Å². The highest BCUT2D eigenvalue weighted by Crippen LogP contribution is 2.31. The number of hydrogen-bond acceptors (Lipinski definition) is 6. The minimum absolute atomic E-state index is 0.208. The molecular weight excluding hydrogens is 238 g/mol. The lowest BCUT2D eigenvalue weighted by atomic mass is 10.1. The van der Waals surface area contributed by atoms with Crippen molar-refractivity contribution in [3.8, 4) is 0 Å². The SMILES string of the molecule is NCCn1nnnc1SC1CCCCCC1O. The summed E-state index contributed by atoms with van der Waals surface area (Å²) in [5, 5.41) is 22.6. The summed E-state index contributed by atoms with van der Waals surface area (Å²) in [5.41, 5.74) is 5.50. The Kier molecular flexibility index (Phi) is 4.75. The molecule has 96 valence electrons. The fourth-order valence-corrected chi connectivity index (χ4v) is 3.25. The summed E-state index contributed by atoms with van der Waals surface area (Å²) < 4.78 is 1.71. The fourth-order valence-electron chi connectivity index (χ4n) is 2.07. The summed E-state index contributed by atoms with van der Waals surface area (Å²) in [6.45, 7) is 1.14. The lowest BCUT2D eigenvalue weighted by molar-refractivity contribution is 0.163. The van der Waals surface area contributed by atoms with Gasteiger partial charge in [-0.25, -0.2) is 4.68 Å². The Morgan fingerprint density at radius 1 is 1.35 bits per heavy atom. The molecule has 0 spiro atoms. The van der Waals surface area contributed by atoms with Crippen LogP contribution in [0.2, 0.25) is 0 Å². The van der Waals surface area contributed by atoms with Crippen molar-refractivity contribution in [2.24, 2.45) is 5.73 Å². The highest BCUT2D eigenvalue weighted by molar-refractivity contribution is 7.99. The summed E-state index contributed by atoms with van der Waals surface area (Å²) >= 11 is 1.58. The van der Waals surface area contributed by atoms with Crippen molar-refractivity contribution in [1.82, 2.24) is 20.2 Å². The van der Waals surface area contributed by atoms with Crippen LogP contribution >= 0.6 is 11.8 Å². The van der Waals surface area contributed by atoms with Crippen LogP contribution in [0.25, 0.3) is 0 Å². The van der Waals surface area contributed by atoms with E-state index in [2.05, 4.69) is 15.5 Å². The second-order valence-corrected chi connectivity index (χ2v) is 5.54. The average Bonchev–Trinajstić information content (AvgIpc) is 2.64. The van der Waals surface area contributed by atoms with Crippen LogP contribution < -0.4 is 5.73 Å². The first-order valence-corrected chi connectivity index (χ1v) is 7.00. The van der Waals surface area contributed by atoms with Gasteiger partial charge >= 0.3 is 0 Å². The minimum atomic E-state index is -0.245. The lowest BCUT2D eigenvalue weighted by Crippen LogP contribution is -2.22. The summed E-state index contributed by atoms with van der Waals surface area (Å²) in [4.78, 5) is 0. The number of nitrogens with two attached hydrogens (primary N) is 1. The van der Waals surface area contributed by atoms with Crippen molar-refractivity contribution < 1.29 is 5.11 Å². The zero-order valence-corrected chi connectivity index (χ0v) is 10.6. The first-order chi connectivity index (χ1) is 8.31. The number of tetrazole rings is 1. The van der Waals surface area contributed by atoms with Crippen molar-refractivity contribution in [2.45, 2.75) is 55.2 Å². The Labute approximate surface area is 105 Å². The summed E-state index contributed by atoms with van der Waals surface area (Å²) in [7, 11) is 0. The van der Waals surface area contributed by atoms with Crippen LogP contribution in [0.1, 0.15) is 32.1 Å². The Morgan fingerprint density at radius 2 is 2.18 bits per heavy atom. The molecule has 1 saturated carbocycles. The highest BCUT2D eigenvalue weighted by Gasteiger charge is 2.24. The molecule has 1 fully saturated rings. The first kappa shape index (κ1) is 12.8. The maximum Gasteiger partial charge on any atom is 0.209 e. The molecule has 2 unspecified atom stereocenters. The minimum Gasteiger partial charge on any atom is -0.392 e. The van der Waals surface area contributed by atoms with Crippen molar-refractivity contribution in [3.63, 3.8) is 0 Å². The second kappa shape index (κ2) is 6.32. The van der Waals surface area contributed by atoms with Crippen LogP contribution in [0, 0.1) is 0 Å². The normalized spacial score (nSPS) is 25.8. The van der Waals surface area contributed by atoms with Gasteiger partial charge in [0, 0.05) is 11.8 Å². The van der Waals surface area contributed by atoms with Gasteiger partial charge in [-0.3, -0.25) is 0 Å². The predicted molar refractivity (Wildman–Crippen MR) is 65.6 cm³/mol. The Morgan fingerprint density at radius 3 is 3.00 bits per heavy atom. The van der Waals surface area contributed by atoms with Crippen molar-refractivity contribution in [1.29, 1.82) is 0 Å². The summed E-state index contributed by atoms with van der Waals surface area (Å²) in [5.74, 6) is 0. The lowest BCUT2D eigenvalue weighted by Gasteiger charge is -2.18. The molecule has 1 heterocycles. The topological polar surface area (TPSA) is 89.9 Å². The van der Waals surface area contributed by atoms with Crippen molar-refractivity contribution in [2.75, 3.05) is 6.54 Å². The molecule has 6 nitrogen and oxygen atoms in total. The fraction of sp³-hybridized carbons (Fsp3) is 0.900. The van der Waals surface area contributed by atoms with Crippen LogP contribution in [0.15, 0.2) is 5.16 Å². The van der Waals surface area contributed by atoms with Crippen LogP contribution in [-0.4, -0.2) is 43.2 Å². The molecule has 0 saturated heterocycles. The second-order valence-electron chi connectivity index (χ2n) is 4.33. The van der Waals surface area contributed by atoms with Gasteiger partial charge in [0.1, 0.15) is 0 Å². The van der Waals surface area contributed by atoms with E-state index in [0.717, 1.165) is 24.4 Å². The third kappa shape index (κ3) is 3.40. The molecular formula is C10H19N5OS. The van der Waals surface area contributed by atoms with Gasteiger partial charge in [0.25, 0.3) is 0 Å². The molecule has 1 aliphatic carbocycles. The van der Waals surface area contributed by atoms with Gasteiger partial charge in [-0.2, -0.15) is 0 Å². The van der Waals surface area contributed by atoms with E-state index in [-0.39, 0.29) is 11.4 Å². The summed E-state index contributed by atoms with van der Waals surface area (Å²) in [6.07, 6.45) is 5.17. The molecule has 0 amide bonds. The number of aliphatic hydroxyl groups excluding tert-OH is 1. The number of nitrogens with zero attached hydrogens (tertiary/aromatic N) is 4. The molecule has 1 aromatic heterocycles. The molecule has 1 aliphatic rings. The number of hydrogen-bond donors (Lipinski definition) is 2. The highest BCUT2D eigenvalue weighted by atomic mass is 32.2. The number of thioether (sulfide) groups is 1. The molecule has 0 aliphatic heterocycles. The van der Waals surface area contributed by atoms with Gasteiger partial charge in [-0.1, -0.05) is 31.0 Å². The van der Waals surface area contributed by atoms with E-state index in [1.807, 2.05) is 0 Å². The number of rotatable bonds is 4. The van der Waals surface area contributed by atoms with Gasteiger partial charge in [-0.15, -0.1) is 5.10 Å². The van der Waals surface area contributed by atoms with Gasteiger partial charge in [0.2, 0.25) is 5.16 Å². The van der Waals surface area contributed by atoms with E-state index < -0.39 is 0 Å². The van der Waals surface area contributed by atoms with E-state index in [9.17, 15) is 5.11 Å². The number of aromatic nitrogens is 4. The molecule has 0 aromatic carbocycles. The molecule has 0 radical (unpaired) electrons. The third-order valence-corrected chi connectivity index (χ3v) is 4.37. The van der Waals surface area contributed by atoms with Crippen molar-refractivity contribution in [3.05, 3.63) is 0 Å². The molecule has 7 heteroatoms. The first-order valence-electron chi connectivity index (χ1n) is 6.12. The van der Waals surface area contributed by atoms with Crippen LogP contribution in [0.3, 0.4) is 0 Å². The largest absolute Gasteiger partial charge is 0.392 e. The predicted octanol–water partition coefficient (Wildman–Crippen LogP) is 0.417. The molecule has 17 heavy (non-hydrogen) atoms. The van der Waals surface area contributed by atoms with Crippen LogP contribution in [0.5, 0.6) is 0 Å². The molecule has 2 rings (SSSR count). The molecule has 1 aromatic rings. The van der Waals surface area contributed by atoms with Gasteiger partial charge < -0.3 is 10.8 Å². The van der Waals surface area contributed by atoms with E-state index in [4.69, 9.17) is 5.73 Å². The zero-order chi connectivity index (χ0) is 12.1. The smallest absolute Gasteiger partial charge is 0.209 e. The standard InChI is InChI=1S/C10H19N5OS/c11-6-7-15-10(12-13-14-15)17-9-5-3-1-2-4-8(9)16/h8-9,16H,1-7,11H2. The van der Waals surface area contributed by atoms with E-state index in [1.54, 1.807) is 16.4 Å². The van der Waals surface area contributed by atoms with Gasteiger partial charge in [0.15, 0.2) is 0 Å². The molecule has 3 N–H and O–H groups in total. The van der Waals surface area contributed by atoms with Crippen molar-refractivity contribution >= 4 is 11.8 Å². The van der Waals surface area contributed by atoms with E-state index >= 15 is 0 Å². The Hall–Kier alpha value is -0.660. The monoisotopic (exact) mass is 257 g/mol. The molecule has 2 atom stereocenters. The number of aliphatic hydroxyl groups is 1. The van der Waals surface area contributed by atoms with E-state index in [0.29, 0.717) is 13.1 Å². The quantitative estimate of drug-likeness (QED) is 0.760. The van der Waals surface area contributed by atoms with Gasteiger partial charge in [0.05, 0.1) is 12.6 Å². The molecule has 0 bridgehead atoms. The third-order valence-electron chi connectivity index (χ3n) is 3.01. The zero-order valence-electron chi connectivity index (χ0n) is 9.83. The van der Waals surface area contributed by atoms with E-state index in [1.165, 1.54) is 12.8 Å². The maximum atomic E-state index is 10.0. The Bertz CT molecular complexity index is 345. The van der Waals surface area contributed by atoms with Crippen LogP contribution in [0.4, 0.5) is 0 Å². The summed E-state index contributed by atoms with van der Waals surface area (Å²) in [6, 6.07) is 0. The van der Waals surface area contributed by atoms with Gasteiger partial charge in [-0.05, 0) is 23.3 Å². The maximum absolute atomic E-state index is 10.0. The average molecular weight is 257 g/mol. The Balaban J connectivity index is 2.00.